The van der Waals surface area contributed by atoms with Gasteiger partial charge in [-0.1, -0.05) is 23.8 Å². The summed E-state index contributed by atoms with van der Waals surface area (Å²) in [6.07, 6.45) is 0. The summed E-state index contributed by atoms with van der Waals surface area (Å²) in [5.41, 5.74) is 4.42. The lowest BCUT2D eigenvalue weighted by Crippen LogP contribution is -2.06. The normalized spacial score (nSPS) is 10.5. The summed E-state index contributed by atoms with van der Waals surface area (Å²) in [7, 11) is 0. The molecule has 0 radical (unpaired) electrons. The van der Waals surface area contributed by atoms with Crippen molar-refractivity contribution in [3.63, 3.8) is 0 Å². The van der Waals surface area contributed by atoms with E-state index in [-0.39, 0.29) is 5.97 Å². The molecule has 0 bridgehead atoms. The van der Waals surface area contributed by atoms with Gasteiger partial charge in [0.05, 0.1) is 6.61 Å². The molecule has 0 aliphatic rings. The van der Waals surface area contributed by atoms with Crippen molar-refractivity contribution in [2.45, 2.75) is 27.7 Å². The molecule has 0 aliphatic carbocycles. The van der Waals surface area contributed by atoms with Crippen LogP contribution in [0.5, 0.6) is 0 Å². The van der Waals surface area contributed by atoms with Crippen LogP contribution in [0, 0.1) is 20.8 Å². The van der Waals surface area contributed by atoms with E-state index in [4.69, 9.17) is 4.74 Å². The average molecular weight is 258 g/mol. The van der Waals surface area contributed by atoms with Gasteiger partial charge >= 0.3 is 5.97 Å². The van der Waals surface area contributed by atoms with Crippen LogP contribution in [0.15, 0.2) is 18.2 Å². The van der Waals surface area contributed by atoms with Crippen molar-refractivity contribution < 1.29 is 9.53 Å². The molecule has 2 rings (SSSR count). The number of esters is 1. The molecule has 1 N–H and O–H groups in total. The lowest BCUT2D eigenvalue weighted by Gasteiger charge is -2.03. The predicted octanol–water partition coefficient (Wildman–Crippen LogP) is 3.18. The maximum atomic E-state index is 11.7. The molecule has 0 atom stereocenters. The Bertz CT molecular complexity index is 615. The highest BCUT2D eigenvalue weighted by Gasteiger charge is 2.17. The van der Waals surface area contributed by atoms with E-state index in [1.165, 1.54) is 5.56 Å². The first kappa shape index (κ1) is 13.3. The molecule has 0 saturated carbocycles. The van der Waals surface area contributed by atoms with Gasteiger partial charge in [-0.15, -0.1) is 0 Å². The molecule has 0 amide bonds. The van der Waals surface area contributed by atoms with Crippen LogP contribution in [0.25, 0.3) is 11.4 Å². The topological polar surface area (TPSA) is 55.0 Å². The van der Waals surface area contributed by atoms with Crippen LogP contribution < -0.4 is 0 Å². The Hall–Kier alpha value is -2.10. The third-order valence-corrected chi connectivity index (χ3v) is 2.99. The van der Waals surface area contributed by atoms with E-state index < -0.39 is 0 Å². The number of aryl methyl sites for hydroxylation is 3. The maximum absolute atomic E-state index is 11.7. The number of aromatic amines is 1. The van der Waals surface area contributed by atoms with E-state index in [9.17, 15) is 4.79 Å². The van der Waals surface area contributed by atoms with Gasteiger partial charge in [-0.3, -0.25) is 0 Å². The zero-order valence-electron chi connectivity index (χ0n) is 11.7. The molecule has 4 nitrogen and oxygen atoms in total. The second-order valence-electron chi connectivity index (χ2n) is 4.60. The Morgan fingerprint density at radius 3 is 2.68 bits per heavy atom. The zero-order valence-corrected chi connectivity index (χ0v) is 11.7. The molecule has 2 aromatic rings. The van der Waals surface area contributed by atoms with E-state index in [1.54, 1.807) is 6.92 Å². The van der Waals surface area contributed by atoms with E-state index in [1.807, 2.05) is 32.9 Å². The van der Waals surface area contributed by atoms with Crippen LogP contribution in [-0.4, -0.2) is 22.5 Å². The summed E-state index contributed by atoms with van der Waals surface area (Å²) in [4.78, 5) is 19.3. The Morgan fingerprint density at radius 1 is 1.32 bits per heavy atom. The lowest BCUT2D eigenvalue weighted by molar-refractivity contribution is 0.0519. The van der Waals surface area contributed by atoms with Crippen LogP contribution in [0.3, 0.4) is 0 Å². The highest BCUT2D eigenvalue weighted by Crippen LogP contribution is 2.23. The van der Waals surface area contributed by atoms with Crippen LogP contribution in [0.4, 0.5) is 0 Å². The first-order chi connectivity index (χ1) is 9.02. The standard InChI is InChI=1S/C15H18N2O2/c1-5-19-15(18)13-11(4)16-14(17-13)12-7-6-9(2)8-10(12)3/h6-8H,5H2,1-4H3,(H,16,17). The van der Waals surface area contributed by atoms with Crippen molar-refractivity contribution in [1.29, 1.82) is 0 Å². The highest BCUT2D eigenvalue weighted by atomic mass is 16.5. The van der Waals surface area contributed by atoms with Crippen LogP contribution in [0.2, 0.25) is 0 Å². The predicted molar refractivity (Wildman–Crippen MR) is 74.2 cm³/mol. The number of imidazole rings is 1. The number of hydrogen-bond acceptors (Lipinski definition) is 3. The van der Waals surface area contributed by atoms with Crippen molar-refractivity contribution in [3.05, 3.63) is 40.7 Å². The molecule has 1 aromatic heterocycles. The summed E-state index contributed by atoms with van der Waals surface area (Å²) in [5, 5.41) is 0. The summed E-state index contributed by atoms with van der Waals surface area (Å²) in [5.74, 6) is 0.324. The fourth-order valence-electron chi connectivity index (χ4n) is 2.07. The third kappa shape index (κ3) is 2.67. The molecule has 0 saturated heterocycles. The first-order valence-corrected chi connectivity index (χ1v) is 6.34. The van der Waals surface area contributed by atoms with Gasteiger partial charge in [0.1, 0.15) is 5.82 Å². The second kappa shape index (κ2) is 5.26. The van der Waals surface area contributed by atoms with Crippen molar-refractivity contribution in [2.24, 2.45) is 0 Å². The van der Waals surface area contributed by atoms with Gasteiger partial charge in [0, 0.05) is 11.3 Å². The summed E-state index contributed by atoms with van der Waals surface area (Å²) >= 11 is 0. The minimum Gasteiger partial charge on any atom is -0.461 e. The van der Waals surface area contributed by atoms with E-state index in [0.29, 0.717) is 18.1 Å². The molecule has 19 heavy (non-hydrogen) atoms. The highest BCUT2D eigenvalue weighted by molar-refractivity contribution is 5.89. The van der Waals surface area contributed by atoms with Crippen LogP contribution in [0.1, 0.15) is 34.2 Å². The number of H-pyrrole nitrogens is 1. The quantitative estimate of drug-likeness (QED) is 0.860. The van der Waals surface area contributed by atoms with Crippen molar-refractivity contribution >= 4 is 5.97 Å². The van der Waals surface area contributed by atoms with Gasteiger partial charge in [0.15, 0.2) is 5.69 Å². The number of carbonyl (C=O) groups is 1. The van der Waals surface area contributed by atoms with Crippen LogP contribution in [-0.2, 0) is 4.74 Å². The van der Waals surface area contributed by atoms with Crippen molar-refractivity contribution in [3.8, 4) is 11.4 Å². The maximum Gasteiger partial charge on any atom is 0.358 e. The van der Waals surface area contributed by atoms with Gasteiger partial charge in [-0.05, 0) is 33.3 Å². The molecular weight excluding hydrogens is 240 g/mol. The zero-order chi connectivity index (χ0) is 14.0. The average Bonchev–Trinajstić information content (AvgIpc) is 2.71. The van der Waals surface area contributed by atoms with E-state index in [2.05, 4.69) is 16.0 Å². The van der Waals surface area contributed by atoms with Gasteiger partial charge in [0.2, 0.25) is 0 Å². The number of benzene rings is 1. The molecular formula is C15H18N2O2. The number of nitrogens with zero attached hydrogens (tertiary/aromatic N) is 1. The first-order valence-electron chi connectivity index (χ1n) is 6.34. The van der Waals surface area contributed by atoms with Crippen molar-refractivity contribution in [1.82, 2.24) is 9.97 Å². The Labute approximate surface area is 112 Å². The number of rotatable bonds is 3. The minimum absolute atomic E-state index is 0.351. The van der Waals surface area contributed by atoms with Crippen LogP contribution >= 0.6 is 0 Å². The summed E-state index contributed by atoms with van der Waals surface area (Å²) < 4.78 is 4.99. The van der Waals surface area contributed by atoms with Crippen molar-refractivity contribution in [2.75, 3.05) is 6.61 Å². The molecule has 4 heteroatoms. The number of ether oxygens (including phenoxy) is 1. The molecule has 100 valence electrons. The largest absolute Gasteiger partial charge is 0.461 e. The number of aromatic nitrogens is 2. The fraction of sp³-hybridized carbons (Fsp3) is 0.333. The van der Waals surface area contributed by atoms with Gasteiger partial charge < -0.3 is 9.72 Å². The number of hydrogen-bond donors (Lipinski definition) is 1. The monoisotopic (exact) mass is 258 g/mol. The number of nitrogens with one attached hydrogen (secondary N) is 1. The smallest absolute Gasteiger partial charge is 0.358 e. The molecule has 1 heterocycles. The molecule has 1 aromatic carbocycles. The van der Waals surface area contributed by atoms with E-state index in [0.717, 1.165) is 16.8 Å². The Morgan fingerprint density at radius 2 is 2.05 bits per heavy atom. The summed E-state index contributed by atoms with van der Waals surface area (Å²) in [6.45, 7) is 8.04. The molecule has 0 fully saturated rings. The lowest BCUT2D eigenvalue weighted by atomic mass is 10.1. The SMILES string of the molecule is CCOC(=O)c1nc(-c2ccc(C)cc2C)[nH]c1C. The molecule has 0 unspecified atom stereocenters. The molecule has 0 aliphatic heterocycles. The Balaban J connectivity index is 2.42. The summed E-state index contributed by atoms with van der Waals surface area (Å²) in [6, 6.07) is 6.14. The van der Waals surface area contributed by atoms with Gasteiger partial charge in [-0.2, -0.15) is 0 Å². The number of carbonyl (C=O) groups excluding carboxylic acids is 1. The van der Waals surface area contributed by atoms with Gasteiger partial charge in [-0.25, -0.2) is 9.78 Å². The van der Waals surface area contributed by atoms with E-state index >= 15 is 0 Å². The Kier molecular flexibility index (Phi) is 3.69. The van der Waals surface area contributed by atoms with Gasteiger partial charge in [0.25, 0.3) is 0 Å². The second-order valence-corrected chi connectivity index (χ2v) is 4.60. The minimum atomic E-state index is -0.382. The third-order valence-electron chi connectivity index (χ3n) is 2.99. The fourth-order valence-corrected chi connectivity index (χ4v) is 2.07. The molecule has 0 spiro atoms.